The molecule has 2 aromatic carbocycles. The van der Waals surface area contributed by atoms with Crippen molar-refractivity contribution < 1.29 is 14.3 Å². The molecule has 0 fully saturated rings. The summed E-state index contributed by atoms with van der Waals surface area (Å²) < 4.78 is 5.51. The summed E-state index contributed by atoms with van der Waals surface area (Å²) in [6.07, 6.45) is -0.531. The second-order valence-corrected chi connectivity index (χ2v) is 6.98. The zero-order valence-electron chi connectivity index (χ0n) is 14.2. The van der Waals surface area contributed by atoms with Crippen molar-refractivity contribution in [3.8, 4) is 5.75 Å². The molecule has 0 radical (unpaired) electrons. The molecule has 1 unspecified atom stereocenters. The molecule has 1 heterocycles. The van der Waals surface area contributed by atoms with Gasteiger partial charge in [-0.3, -0.25) is 9.59 Å². The lowest BCUT2D eigenvalue weighted by atomic mass is 9.83. The average molecular weight is 359 g/mol. The van der Waals surface area contributed by atoms with E-state index in [1.807, 2.05) is 26.0 Å². The third kappa shape index (κ3) is 3.46. The van der Waals surface area contributed by atoms with Gasteiger partial charge in [-0.15, -0.1) is 0 Å². The van der Waals surface area contributed by atoms with Gasteiger partial charge in [0.1, 0.15) is 5.75 Å². The number of hydrogen-bond donors (Lipinski definition) is 2. The van der Waals surface area contributed by atoms with E-state index in [1.54, 1.807) is 37.3 Å². The van der Waals surface area contributed by atoms with E-state index in [1.165, 1.54) is 0 Å². The fourth-order valence-corrected chi connectivity index (χ4v) is 2.70. The topological polar surface area (TPSA) is 67.4 Å². The van der Waals surface area contributed by atoms with Crippen molar-refractivity contribution in [2.75, 3.05) is 10.6 Å². The highest BCUT2D eigenvalue weighted by Crippen LogP contribution is 2.33. The van der Waals surface area contributed by atoms with Crippen molar-refractivity contribution in [3.63, 3.8) is 0 Å². The summed E-state index contributed by atoms with van der Waals surface area (Å²) >= 11 is 5.91. The van der Waals surface area contributed by atoms with Gasteiger partial charge in [-0.05, 0) is 56.7 Å². The molecule has 0 aliphatic carbocycles. The Kier molecular flexibility index (Phi) is 4.43. The Labute approximate surface area is 151 Å². The molecule has 0 bridgehead atoms. The number of carbonyl (C=O) groups is 2. The van der Waals surface area contributed by atoms with Crippen molar-refractivity contribution in [3.05, 3.63) is 53.1 Å². The van der Waals surface area contributed by atoms with E-state index < -0.39 is 11.5 Å². The Balaban J connectivity index is 1.80. The highest BCUT2D eigenvalue weighted by atomic mass is 35.5. The van der Waals surface area contributed by atoms with E-state index in [2.05, 4.69) is 10.6 Å². The maximum absolute atomic E-state index is 12.7. The number of halogens is 1. The maximum Gasteiger partial charge on any atom is 0.265 e. The second kappa shape index (κ2) is 6.41. The molecular weight excluding hydrogens is 340 g/mol. The van der Waals surface area contributed by atoms with Crippen LogP contribution in [-0.2, 0) is 15.0 Å². The van der Waals surface area contributed by atoms with Crippen molar-refractivity contribution in [1.82, 2.24) is 0 Å². The van der Waals surface area contributed by atoms with E-state index in [0.29, 0.717) is 22.1 Å². The van der Waals surface area contributed by atoms with Crippen molar-refractivity contribution >= 4 is 34.8 Å². The smallest absolute Gasteiger partial charge is 0.265 e. The Morgan fingerprint density at radius 3 is 2.56 bits per heavy atom. The number of anilines is 2. The third-order valence-corrected chi connectivity index (χ3v) is 4.55. The lowest BCUT2D eigenvalue weighted by Gasteiger charge is -2.26. The van der Waals surface area contributed by atoms with Gasteiger partial charge in [0.25, 0.3) is 5.91 Å². The van der Waals surface area contributed by atoms with E-state index in [0.717, 1.165) is 5.56 Å². The molecule has 1 atom stereocenters. The average Bonchev–Trinajstić information content (AvgIpc) is 2.56. The van der Waals surface area contributed by atoms with Crippen LogP contribution in [0.5, 0.6) is 5.75 Å². The maximum atomic E-state index is 12.7. The van der Waals surface area contributed by atoms with Crippen LogP contribution in [0.25, 0.3) is 0 Å². The van der Waals surface area contributed by atoms with Crippen LogP contribution in [0.4, 0.5) is 11.4 Å². The first-order valence-electron chi connectivity index (χ1n) is 7.96. The first-order valence-corrected chi connectivity index (χ1v) is 8.34. The van der Waals surface area contributed by atoms with Gasteiger partial charge in [0.2, 0.25) is 5.91 Å². The Morgan fingerprint density at radius 2 is 1.88 bits per heavy atom. The summed E-state index contributed by atoms with van der Waals surface area (Å²) in [5.74, 6) is 0.214. The molecule has 1 aliphatic heterocycles. The largest absolute Gasteiger partial charge is 0.479 e. The molecule has 1 aliphatic rings. The van der Waals surface area contributed by atoms with Crippen LogP contribution in [0.2, 0.25) is 5.02 Å². The van der Waals surface area contributed by atoms with Crippen LogP contribution in [0, 0.1) is 0 Å². The molecule has 2 aromatic rings. The predicted molar refractivity (Wildman–Crippen MR) is 98.3 cm³/mol. The van der Waals surface area contributed by atoms with Crippen LogP contribution in [-0.4, -0.2) is 17.9 Å². The van der Waals surface area contributed by atoms with E-state index >= 15 is 0 Å². The van der Waals surface area contributed by atoms with Gasteiger partial charge in [0.05, 0.1) is 11.1 Å². The van der Waals surface area contributed by atoms with Crippen LogP contribution < -0.4 is 15.4 Å². The summed E-state index contributed by atoms with van der Waals surface area (Å²) in [6.45, 7) is 5.37. The number of rotatable bonds is 3. The quantitative estimate of drug-likeness (QED) is 0.872. The van der Waals surface area contributed by atoms with Gasteiger partial charge in [-0.1, -0.05) is 23.7 Å². The lowest BCUT2D eigenvalue weighted by molar-refractivity contribution is -0.122. The molecule has 0 aromatic heterocycles. The van der Waals surface area contributed by atoms with Gasteiger partial charge in [-0.25, -0.2) is 0 Å². The van der Waals surface area contributed by atoms with Crippen LogP contribution in [0.15, 0.2) is 42.5 Å². The predicted octanol–water partition coefficient (Wildman–Crippen LogP) is 3.98. The minimum atomic E-state index is -0.741. The number of fused-ring (bicyclic) bond motifs is 1. The first-order chi connectivity index (χ1) is 11.8. The Bertz CT molecular complexity index is 831. The fourth-order valence-electron chi connectivity index (χ4n) is 2.57. The van der Waals surface area contributed by atoms with E-state index in [-0.39, 0.29) is 11.8 Å². The molecule has 5 nitrogen and oxygen atoms in total. The zero-order chi connectivity index (χ0) is 18.2. The SMILES string of the molecule is CC1Oc2ccc(NC(=O)C(C)(C)c3ccc(Cl)cc3)cc2NC1=O. The van der Waals surface area contributed by atoms with Gasteiger partial charge < -0.3 is 15.4 Å². The lowest BCUT2D eigenvalue weighted by Crippen LogP contribution is -2.35. The Morgan fingerprint density at radius 1 is 1.20 bits per heavy atom. The minimum Gasteiger partial charge on any atom is -0.479 e. The Hall–Kier alpha value is -2.53. The molecule has 25 heavy (non-hydrogen) atoms. The summed E-state index contributed by atoms with van der Waals surface area (Å²) in [4.78, 5) is 24.5. The van der Waals surface area contributed by atoms with Crippen LogP contribution in [0.1, 0.15) is 26.3 Å². The van der Waals surface area contributed by atoms with Gasteiger partial charge in [0, 0.05) is 10.7 Å². The molecular formula is C19H19ClN2O3. The molecule has 2 amide bonds. The molecule has 3 rings (SSSR count). The highest BCUT2D eigenvalue weighted by Gasteiger charge is 2.30. The summed E-state index contributed by atoms with van der Waals surface area (Å²) in [7, 11) is 0. The number of hydrogen-bond acceptors (Lipinski definition) is 3. The number of benzene rings is 2. The zero-order valence-corrected chi connectivity index (χ0v) is 15.0. The normalized spacial score (nSPS) is 16.5. The van der Waals surface area contributed by atoms with Gasteiger partial charge >= 0.3 is 0 Å². The minimum absolute atomic E-state index is 0.161. The molecule has 0 saturated carbocycles. The van der Waals surface area contributed by atoms with E-state index in [4.69, 9.17) is 16.3 Å². The van der Waals surface area contributed by atoms with Crippen LogP contribution in [0.3, 0.4) is 0 Å². The monoisotopic (exact) mass is 358 g/mol. The summed E-state index contributed by atoms with van der Waals surface area (Å²) in [6, 6.07) is 12.4. The second-order valence-electron chi connectivity index (χ2n) is 6.55. The fraction of sp³-hybridized carbons (Fsp3) is 0.263. The van der Waals surface area contributed by atoms with Crippen molar-refractivity contribution in [2.45, 2.75) is 32.3 Å². The molecule has 6 heteroatoms. The van der Waals surface area contributed by atoms with Crippen molar-refractivity contribution in [1.29, 1.82) is 0 Å². The molecule has 0 spiro atoms. The third-order valence-electron chi connectivity index (χ3n) is 4.30. The summed E-state index contributed by atoms with van der Waals surface area (Å²) in [5.41, 5.74) is 1.25. The summed E-state index contributed by atoms with van der Waals surface area (Å²) in [5, 5.41) is 6.29. The van der Waals surface area contributed by atoms with Crippen LogP contribution >= 0.6 is 11.6 Å². The van der Waals surface area contributed by atoms with Crippen molar-refractivity contribution in [2.24, 2.45) is 0 Å². The van der Waals surface area contributed by atoms with E-state index in [9.17, 15) is 9.59 Å². The first kappa shape index (κ1) is 17.3. The molecule has 130 valence electrons. The number of nitrogens with one attached hydrogen (secondary N) is 2. The van der Waals surface area contributed by atoms with Gasteiger partial charge in [-0.2, -0.15) is 0 Å². The number of carbonyl (C=O) groups excluding carboxylic acids is 2. The standard InChI is InChI=1S/C19H19ClN2O3/c1-11-17(23)22-15-10-14(8-9-16(15)25-11)21-18(24)19(2,3)12-4-6-13(20)7-5-12/h4-11H,1-3H3,(H,21,24)(H,22,23). The number of ether oxygens (including phenoxy) is 1. The number of amides is 2. The van der Waals surface area contributed by atoms with Gasteiger partial charge in [0.15, 0.2) is 6.10 Å². The highest BCUT2D eigenvalue weighted by molar-refractivity contribution is 6.30. The molecule has 2 N–H and O–H groups in total. The molecule has 0 saturated heterocycles.